The fraction of sp³-hybridized carbons (Fsp3) is 0.200. The molecule has 6 heteroatoms. The second kappa shape index (κ2) is 9.28. The van der Waals surface area contributed by atoms with E-state index in [-0.39, 0.29) is 17.5 Å². The average molecular weight is 388 g/mol. The first-order valence-corrected chi connectivity index (χ1v) is 8.84. The molecule has 0 spiro atoms. The van der Waals surface area contributed by atoms with Gasteiger partial charge >= 0.3 is 0 Å². The Balaban J connectivity index is 2.18. The van der Waals surface area contributed by atoms with Gasteiger partial charge < -0.3 is 10.2 Å². The summed E-state index contributed by atoms with van der Waals surface area (Å²) in [6.45, 7) is 4.27. The van der Waals surface area contributed by atoms with Gasteiger partial charge in [-0.25, -0.2) is 0 Å². The van der Waals surface area contributed by atoms with E-state index in [0.29, 0.717) is 22.3 Å². The van der Waals surface area contributed by atoms with Crippen LogP contribution in [-0.2, 0) is 11.3 Å². The molecule has 0 unspecified atom stereocenters. The molecule has 2 aromatic rings. The molecule has 0 radical (unpaired) electrons. The second-order valence-electron chi connectivity index (χ2n) is 5.96. The Morgan fingerprint density at radius 3 is 2.46 bits per heavy atom. The Morgan fingerprint density at radius 1 is 1.19 bits per heavy atom. The molecule has 0 heterocycles. The summed E-state index contributed by atoms with van der Waals surface area (Å²) >= 11 is 11.9. The van der Waals surface area contributed by atoms with E-state index in [4.69, 9.17) is 23.2 Å². The van der Waals surface area contributed by atoms with Crippen LogP contribution in [0.2, 0.25) is 10.0 Å². The highest BCUT2D eigenvalue weighted by molar-refractivity contribution is 6.42. The van der Waals surface area contributed by atoms with Crippen molar-refractivity contribution < 1.29 is 4.79 Å². The minimum Gasteiger partial charge on any atom is -0.360 e. The van der Waals surface area contributed by atoms with Gasteiger partial charge in [0.1, 0.15) is 11.6 Å². The molecule has 0 atom stereocenters. The number of hydrogen-bond donors (Lipinski definition) is 1. The molecule has 0 bridgehead atoms. The molecule has 0 aliphatic rings. The average Bonchev–Trinajstić information content (AvgIpc) is 2.63. The summed E-state index contributed by atoms with van der Waals surface area (Å²) in [5.41, 5.74) is 1.66. The zero-order chi connectivity index (χ0) is 19.1. The summed E-state index contributed by atoms with van der Waals surface area (Å²) < 4.78 is 0. The normalized spacial score (nSPS) is 11.2. The number of amides is 1. The Hall–Kier alpha value is -2.48. The summed E-state index contributed by atoms with van der Waals surface area (Å²) in [4.78, 5) is 14.5. The lowest BCUT2D eigenvalue weighted by Gasteiger charge is -2.26. The van der Waals surface area contributed by atoms with Gasteiger partial charge in [0, 0.05) is 24.5 Å². The minimum atomic E-state index is -0.334. The highest BCUT2D eigenvalue weighted by atomic mass is 35.5. The van der Waals surface area contributed by atoms with Gasteiger partial charge in [-0.1, -0.05) is 53.5 Å². The highest BCUT2D eigenvalue weighted by Gasteiger charge is 2.21. The van der Waals surface area contributed by atoms with E-state index < -0.39 is 0 Å². The smallest absolute Gasteiger partial charge is 0.266 e. The fourth-order valence-corrected chi connectivity index (χ4v) is 2.61. The van der Waals surface area contributed by atoms with Gasteiger partial charge in [-0.3, -0.25) is 4.79 Å². The van der Waals surface area contributed by atoms with E-state index in [9.17, 15) is 10.1 Å². The van der Waals surface area contributed by atoms with Crippen LogP contribution < -0.4 is 5.32 Å². The van der Waals surface area contributed by atoms with Crippen LogP contribution in [0.4, 0.5) is 5.69 Å². The molecule has 0 fully saturated rings. The van der Waals surface area contributed by atoms with Crippen LogP contribution in [0.15, 0.2) is 60.3 Å². The first-order valence-electron chi connectivity index (χ1n) is 8.09. The maximum Gasteiger partial charge on any atom is 0.266 e. The molecule has 1 N–H and O–H groups in total. The van der Waals surface area contributed by atoms with Crippen molar-refractivity contribution in [3.63, 3.8) is 0 Å². The summed E-state index contributed by atoms with van der Waals surface area (Å²) in [6, 6.07) is 16.6. The van der Waals surface area contributed by atoms with Crippen LogP contribution in [0, 0.1) is 11.3 Å². The first-order chi connectivity index (χ1) is 12.4. The molecule has 4 nitrogen and oxygen atoms in total. The standard InChI is InChI=1S/C20H19Cl2N3O/c1-14(2)25(13-15-6-4-3-5-7-15)20(26)16(11-23)12-24-17-8-9-18(21)19(22)10-17/h3-10,12,14,24H,13H2,1-2H3/b16-12-. The van der Waals surface area contributed by atoms with E-state index >= 15 is 0 Å². The van der Waals surface area contributed by atoms with Gasteiger partial charge in [0.15, 0.2) is 0 Å². The molecule has 2 aromatic carbocycles. The van der Waals surface area contributed by atoms with Gasteiger partial charge in [0.25, 0.3) is 5.91 Å². The van der Waals surface area contributed by atoms with Crippen molar-refractivity contribution in [3.8, 4) is 6.07 Å². The quantitative estimate of drug-likeness (QED) is 0.543. The summed E-state index contributed by atoms with van der Waals surface area (Å²) in [5.74, 6) is -0.334. The third-order valence-electron chi connectivity index (χ3n) is 3.73. The molecule has 0 saturated carbocycles. The Labute approximate surface area is 163 Å². The van der Waals surface area contributed by atoms with Crippen molar-refractivity contribution in [2.75, 3.05) is 5.32 Å². The predicted octanol–water partition coefficient (Wildman–Crippen LogP) is 5.25. The first kappa shape index (κ1) is 19.8. The fourth-order valence-electron chi connectivity index (χ4n) is 2.31. The molecule has 1 amide bonds. The number of rotatable bonds is 6. The van der Waals surface area contributed by atoms with Crippen molar-refractivity contribution in [1.29, 1.82) is 5.26 Å². The number of hydrogen-bond acceptors (Lipinski definition) is 3. The highest BCUT2D eigenvalue weighted by Crippen LogP contribution is 2.25. The Morgan fingerprint density at radius 2 is 1.88 bits per heavy atom. The van der Waals surface area contributed by atoms with E-state index in [1.807, 2.05) is 50.2 Å². The Bertz CT molecular complexity index is 842. The van der Waals surface area contributed by atoms with Crippen molar-refractivity contribution in [3.05, 3.63) is 75.9 Å². The van der Waals surface area contributed by atoms with E-state index in [1.165, 1.54) is 6.20 Å². The van der Waals surface area contributed by atoms with Crippen LogP contribution >= 0.6 is 23.2 Å². The van der Waals surface area contributed by atoms with Crippen LogP contribution in [0.25, 0.3) is 0 Å². The van der Waals surface area contributed by atoms with E-state index in [0.717, 1.165) is 5.56 Å². The van der Waals surface area contributed by atoms with Crippen molar-refractivity contribution in [2.45, 2.75) is 26.4 Å². The van der Waals surface area contributed by atoms with Crippen LogP contribution in [-0.4, -0.2) is 16.8 Å². The number of halogens is 2. The molecule has 26 heavy (non-hydrogen) atoms. The van der Waals surface area contributed by atoms with Gasteiger partial charge in [-0.15, -0.1) is 0 Å². The van der Waals surface area contributed by atoms with Crippen molar-refractivity contribution in [2.24, 2.45) is 0 Å². The van der Waals surface area contributed by atoms with Crippen LogP contribution in [0.1, 0.15) is 19.4 Å². The zero-order valence-electron chi connectivity index (χ0n) is 14.5. The predicted molar refractivity (Wildman–Crippen MR) is 106 cm³/mol. The lowest BCUT2D eigenvalue weighted by Crippen LogP contribution is -2.37. The largest absolute Gasteiger partial charge is 0.360 e. The maximum absolute atomic E-state index is 12.8. The van der Waals surface area contributed by atoms with Gasteiger partial charge in [0.05, 0.1) is 10.0 Å². The third-order valence-corrected chi connectivity index (χ3v) is 4.47. The second-order valence-corrected chi connectivity index (χ2v) is 6.77. The van der Waals surface area contributed by atoms with Crippen LogP contribution in [0.5, 0.6) is 0 Å². The number of nitrogens with one attached hydrogen (secondary N) is 1. The lowest BCUT2D eigenvalue weighted by atomic mass is 10.1. The monoisotopic (exact) mass is 387 g/mol. The number of carbonyl (C=O) groups excluding carboxylic acids is 1. The maximum atomic E-state index is 12.8. The number of anilines is 1. The lowest BCUT2D eigenvalue weighted by molar-refractivity contribution is -0.129. The molecule has 134 valence electrons. The van der Waals surface area contributed by atoms with Crippen LogP contribution in [0.3, 0.4) is 0 Å². The summed E-state index contributed by atoms with van der Waals surface area (Å²) in [5, 5.41) is 13.2. The number of benzene rings is 2. The molecule has 0 saturated heterocycles. The van der Waals surface area contributed by atoms with Gasteiger partial charge in [-0.2, -0.15) is 5.26 Å². The minimum absolute atomic E-state index is 0.0145. The number of nitriles is 1. The topological polar surface area (TPSA) is 56.1 Å². The summed E-state index contributed by atoms with van der Waals surface area (Å²) in [6.07, 6.45) is 1.39. The molecule has 0 aliphatic carbocycles. The number of nitrogens with zero attached hydrogens (tertiary/aromatic N) is 2. The molecular weight excluding hydrogens is 369 g/mol. The van der Waals surface area contributed by atoms with Crippen molar-refractivity contribution >= 4 is 34.8 Å². The van der Waals surface area contributed by atoms with E-state index in [1.54, 1.807) is 23.1 Å². The SMILES string of the molecule is CC(C)N(Cc1ccccc1)C(=O)/C(C#N)=C\Nc1ccc(Cl)c(Cl)c1. The number of carbonyl (C=O) groups is 1. The molecular formula is C20H19Cl2N3O. The van der Waals surface area contributed by atoms with Gasteiger partial charge in [0.2, 0.25) is 0 Å². The summed E-state index contributed by atoms with van der Waals surface area (Å²) in [7, 11) is 0. The molecule has 0 aliphatic heterocycles. The van der Waals surface area contributed by atoms with Gasteiger partial charge in [-0.05, 0) is 37.6 Å². The third kappa shape index (κ3) is 5.26. The molecule has 2 rings (SSSR count). The molecule has 0 aromatic heterocycles. The van der Waals surface area contributed by atoms with Crippen molar-refractivity contribution in [1.82, 2.24) is 4.90 Å². The zero-order valence-corrected chi connectivity index (χ0v) is 16.1. The van der Waals surface area contributed by atoms with E-state index in [2.05, 4.69) is 5.32 Å². The Kier molecular flexibility index (Phi) is 7.08.